The largest absolute Gasteiger partial charge is 0.497 e. The topological polar surface area (TPSA) is 83.5 Å². The van der Waals surface area contributed by atoms with Crippen LogP contribution in [0.4, 0.5) is 4.79 Å². The first kappa shape index (κ1) is 23.6. The Labute approximate surface area is 185 Å². The van der Waals surface area contributed by atoms with E-state index in [0.717, 1.165) is 43.0 Å². The van der Waals surface area contributed by atoms with Crippen LogP contribution in [0.15, 0.2) is 18.2 Å². The monoisotopic (exact) mass is 435 g/mol. The molecule has 2 aliphatic rings. The second-order valence-corrected chi connectivity index (χ2v) is 8.29. The molecular formula is C23H37N3O5. The molecule has 1 amide bonds. The predicted octanol–water partition coefficient (Wildman–Crippen LogP) is 2.24. The second kappa shape index (κ2) is 12.1. The lowest BCUT2D eigenvalue weighted by Gasteiger charge is -2.32. The third-order valence-electron chi connectivity index (χ3n) is 5.98. The summed E-state index contributed by atoms with van der Waals surface area (Å²) in [5.41, 5.74) is 1.03. The van der Waals surface area contributed by atoms with Crippen LogP contribution in [0, 0.1) is 0 Å². The molecule has 2 saturated heterocycles. The van der Waals surface area contributed by atoms with Gasteiger partial charge in [-0.15, -0.1) is 0 Å². The Hall–Kier alpha value is -2.03. The highest BCUT2D eigenvalue weighted by Crippen LogP contribution is 2.26. The quantitative estimate of drug-likeness (QED) is 0.583. The van der Waals surface area contributed by atoms with Crippen molar-refractivity contribution in [2.75, 3.05) is 53.0 Å². The molecule has 2 N–H and O–H groups in total. The highest BCUT2D eigenvalue weighted by Gasteiger charge is 2.23. The molecule has 1 aromatic carbocycles. The zero-order chi connectivity index (χ0) is 22.1. The zero-order valence-electron chi connectivity index (χ0n) is 18.8. The van der Waals surface area contributed by atoms with Crippen LogP contribution in [0.1, 0.15) is 38.2 Å². The Morgan fingerprint density at radius 2 is 1.97 bits per heavy atom. The van der Waals surface area contributed by atoms with E-state index >= 15 is 0 Å². The third kappa shape index (κ3) is 7.26. The number of benzene rings is 1. The number of hydrogen-bond acceptors (Lipinski definition) is 7. The van der Waals surface area contributed by atoms with Gasteiger partial charge < -0.3 is 34.4 Å². The smallest absolute Gasteiger partial charge is 0.409 e. The maximum Gasteiger partial charge on any atom is 0.409 e. The van der Waals surface area contributed by atoms with Gasteiger partial charge in [-0.25, -0.2) is 4.79 Å². The summed E-state index contributed by atoms with van der Waals surface area (Å²) < 4.78 is 16.4. The van der Waals surface area contributed by atoms with E-state index < -0.39 is 6.10 Å². The van der Waals surface area contributed by atoms with Gasteiger partial charge in [0, 0.05) is 43.9 Å². The van der Waals surface area contributed by atoms with Gasteiger partial charge in [0.05, 0.1) is 13.7 Å². The van der Waals surface area contributed by atoms with Crippen LogP contribution in [-0.4, -0.2) is 86.2 Å². The van der Waals surface area contributed by atoms with Crippen LogP contribution in [0.5, 0.6) is 11.5 Å². The van der Waals surface area contributed by atoms with Crippen molar-refractivity contribution in [3.63, 3.8) is 0 Å². The number of rotatable bonds is 10. The number of nitrogens with zero attached hydrogens (tertiary/aromatic N) is 2. The van der Waals surface area contributed by atoms with Gasteiger partial charge in [-0.3, -0.25) is 0 Å². The van der Waals surface area contributed by atoms with Crippen LogP contribution >= 0.6 is 0 Å². The van der Waals surface area contributed by atoms with Crippen molar-refractivity contribution < 1.29 is 24.1 Å². The van der Waals surface area contributed by atoms with Crippen molar-refractivity contribution in [1.29, 1.82) is 0 Å². The lowest BCUT2D eigenvalue weighted by Crippen LogP contribution is -2.44. The fourth-order valence-corrected chi connectivity index (χ4v) is 4.18. The number of hydrogen-bond donors (Lipinski definition) is 2. The molecule has 31 heavy (non-hydrogen) atoms. The summed E-state index contributed by atoms with van der Waals surface area (Å²) >= 11 is 0. The third-order valence-corrected chi connectivity index (χ3v) is 5.98. The van der Waals surface area contributed by atoms with Crippen LogP contribution in [-0.2, 0) is 11.3 Å². The first-order valence-electron chi connectivity index (χ1n) is 11.4. The standard InChI is InChI=1S/C23H37N3O5/c1-3-30-23(28)26-12-8-19(9-13-26)24-15-18-6-7-21(29-2)14-22(18)31-17-20(27)16-25-10-4-5-11-25/h6-7,14,19-20,24,27H,3-5,8-13,15-17H2,1-2H3/t20-/m0/s1. The SMILES string of the molecule is CCOC(=O)N1CCC(NCc2ccc(OC)cc2OC[C@@H](O)CN2CCCC2)CC1. The highest BCUT2D eigenvalue weighted by molar-refractivity contribution is 5.67. The molecule has 1 aromatic rings. The molecule has 0 saturated carbocycles. The van der Waals surface area contributed by atoms with Gasteiger partial charge in [0.2, 0.25) is 0 Å². The van der Waals surface area contributed by atoms with E-state index in [2.05, 4.69) is 10.2 Å². The molecule has 8 nitrogen and oxygen atoms in total. The summed E-state index contributed by atoms with van der Waals surface area (Å²) in [6.07, 6.45) is 3.45. The van der Waals surface area contributed by atoms with Gasteiger partial charge in [0.15, 0.2) is 0 Å². The van der Waals surface area contributed by atoms with Gasteiger partial charge in [0.25, 0.3) is 0 Å². The summed E-state index contributed by atoms with van der Waals surface area (Å²) in [5.74, 6) is 1.46. The number of likely N-dealkylation sites (tertiary alicyclic amines) is 2. The summed E-state index contributed by atoms with van der Waals surface area (Å²) in [6, 6.07) is 6.14. The van der Waals surface area contributed by atoms with Gasteiger partial charge in [0.1, 0.15) is 24.2 Å². The van der Waals surface area contributed by atoms with Crippen LogP contribution in [0.25, 0.3) is 0 Å². The minimum absolute atomic E-state index is 0.223. The Balaban J connectivity index is 1.49. The summed E-state index contributed by atoms with van der Waals surface area (Å²) in [4.78, 5) is 15.9. The molecule has 0 aromatic heterocycles. The number of aliphatic hydroxyl groups excluding tert-OH is 1. The second-order valence-electron chi connectivity index (χ2n) is 8.29. The fraction of sp³-hybridized carbons (Fsp3) is 0.696. The highest BCUT2D eigenvalue weighted by atomic mass is 16.6. The number of β-amino-alcohol motifs (C(OH)–C–C–N with tert-alkyl or cyclic N) is 1. The average Bonchev–Trinajstić information content (AvgIpc) is 3.30. The summed E-state index contributed by atoms with van der Waals surface area (Å²) in [5, 5.41) is 14.0. The first-order valence-corrected chi connectivity index (χ1v) is 11.4. The predicted molar refractivity (Wildman–Crippen MR) is 119 cm³/mol. The number of piperidine rings is 1. The molecule has 0 aliphatic carbocycles. The molecular weight excluding hydrogens is 398 g/mol. The number of ether oxygens (including phenoxy) is 3. The first-order chi connectivity index (χ1) is 15.1. The Kier molecular flexibility index (Phi) is 9.24. The van der Waals surface area contributed by atoms with E-state index in [9.17, 15) is 9.90 Å². The van der Waals surface area contributed by atoms with Gasteiger partial charge in [-0.05, 0) is 51.8 Å². The molecule has 0 spiro atoms. The van der Waals surface area contributed by atoms with Gasteiger partial charge >= 0.3 is 6.09 Å². The maximum absolute atomic E-state index is 11.9. The molecule has 0 radical (unpaired) electrons. The Bertz CT molecular complexity index is 688. The van der Waals surface area contributed by atoms with Crippen molar-refractivity contribution >= 4 is 6.09 Å². The number of amides is 1. The molecule has 2 aliphatic heterocycles. The van der Waals surface area contributed by atoms with E-state index in [0.29, 0.717) is 38.8 Å². The molecule has 1 atom stereocenters. The van der Waals surface area contributed by atoms with Gasteiger partial charge in [-0.1, -0.05) is 6.07 Å². The van der Waals surface area contributed by atoms with Crippen LogP contribution in [0.3, 0.4) is 0 Å². The molecule has 2 heterocycles. The molecule has 2 fully saturated rings. The van der Waals surface area contributed by atoms with Crippen molar-refractivity contribution in [2.45, 2.75) is 51.3 Å². The molecule has 0 bridgehead atoms. The minimum atomic E-state index is -0.516. The number of aliphatic hydroxyl groups is 1. The molecule has 0 unspecified atom stereocenters. The summed E-state index contributed by atoms with van der Waals surface area (Å²) in [7, 11) is 1.64. The van der Waals surface area contributed by atoms with Crippen molar-refractivity contribution in [1.82, 2.24) is 15.1 Å². The van der Waals surface area contributed by atoms with Crippen LogP contribution in [0.2, 0.25) is 0 Å². The number of carbonyl (C=O) groups is 1. The zero-order valence-corrected chi connectivity index (χ0v) is 18.8. The maximum atomic E-state index is 11.9. The van der Waals surface area contributed by atoms with E-state index in [4.69, 9.17) is 14.2 Å². The number of nitrogens with one attached hydrogen (secondary N) is 1. The van der Waals surface area contributed by atoms with Crippen LogP contribution < -0.4 is 14.8 Å². The Morgan fingerprint density at radius 3 is 2.65 bits per heavy atom. The van der Waals surface area contributed by atoms with Crippen molar-refractivity contribution in [3.8, 4) is 11.5 Å². The van der Waals surface area contributed by atoms with E-state index in [1.807, 2.05) is 25.1 Å². The lowest BCUT2D eigenvalue weighted by molar-refractivity contribution is 0.0752. The van der Waals surface area contributed by atoms with E-state index in [1.54, 1.807) is 12.0 Å². The fourth-order valence-electron chi connectivity index (χ4n) is 4.18. The number of methoxy groups -OCH3 is 1. The lowest BCUT2D eigenvalue weighted by atomic mass is 10.0. The normalized spacial score (nSPS) is 18.7. The molecule has 8 heteroatoms. The molecule has 3 rings (SSSR count). The number of carbonyl (C=O) groups excluding carboxylic acids is 1. The van der Waals surface area contributed by atoms with E-state index in [-0.39, 0.29) is 12.7 Å². The average molecular weight is 436 g/mol. The van der Waals surface area contributed by atoms with E-state index in [1.165, 1.54) is 12.8 Å². The molecule has 174 valence electrons. The Morgan fingerprint density at radius 1 is 1.23 bits per heavy atom. The van der Waals surface area contributed by atoms with Gasteiger partial charge in [-0.2, -0.15) is 0 Å². The van der Waals surface area contributed by atoms with Crippen molar-refractivity contribution in [2.24, 2.45) is 0 Å². The van der Waals surface area contributed by atoms with Crippen molar-refractivity contribution in [3.05, 3.63) is 23.8 Å². The summed E-state index contributed by atoms with van der Waals surface area (Å²) in [6.45, 7) is 7.31. The minimum Gasteiger partial charge on any atom is -0.497 e.